The number of amides is 2. The molecule has 0 bridgehead atoms. The summed E-state index contributed by atoms with van der Waals surface area (Å²) in [5, 5.41) is 6.87. The van der Waals surface area contributed by atoms with Crippen molar-refractivity contribution in [2.75, 3.05) is 25.0 Å². The number of piperidine rings is 1. The zero-order valence-corrected chi connectivity index (χ0v) is 14.7. The van der Waals surface area contributed by atoms with E-state index in [0.29, 0.717) is 12.2 Å². The van der Waals surface area contributed by atoms with Crippen LogP contribution < -0.4 is 11.1 Å². The van der Waals surface area contributed by atoms with Gasteiger partial charge in [0.1, 0.15) is 0 Å². The number of carbonyl (C=O) groups is 1. The smallest absolute Gasteiger partial charge is 0.330 e. The molecule has 27 heavy (non-hydrogen) atoms. The second-order valence-corrected chi connectivity index (χ2v) is 6.71. The highest BCUT2D eigenvalue weighted by atomic mass is 19.4. The van der Waals surface area contributed by atoms with Crippen LogP contribution in [-0.2, 0) is 6.54 Å². The number of anilines is 1. The summed E-state index contributed by atoms with van der Waals surface area (Å²) in [4.78, 5) is 13.8. The molecule has 2 atom stereocenters. The molecule has 2 heterocycles. The van der Waals surface area contributed by atoms with Crippen molar-refractivity contribution < 1.29 is 18.0 Å². The Hall–Kier alpha value is -2.55. The molecule has 0 spiro atoms. The minimum atomic E-state index is -4.28. The molecule has 0 saturated carbocycles. The molecule has 1 fully saturated rings. The van der Waals surface area contributed by atoms with Crippen molar-refractivity contribution >= 4 is 11.7 Å². The number of benzene rings is 1. The number of aromatic nitrogens is 2. The Morgan fingerprint density at radius 3 is 2.63 bits per heavy atom. The third-order valence-electron chi connectivity index (χ3n) is 4.85. The van der Waals surface area contributed by atoms with Crippen LogP contribution >= 0.6 is 0 Å². The summed E-state index contributed by atoms with van der Waals surface area (Å²) in [6, 6.07) is 8.70. The van der Waals surface area contributed by atoms with Gasteiger partial charge in [-0.1, -0.05) is 12.1 Å². The second-order valence-electron chi connectivity index (χ2n) is 6.71. The average molecular weight is 381 g/mol. The summed E-state index contributed by atoms with van der Waals surface area (Å²) in [5.41, 5.74) is 7.12. The van der Waals surface area contributed by atoms with Crippen LogP contribution in [0.1, 0.15) is 12.0 Å². The number of nitrogens with zero attached hydrogens (tertiary/aromatic N) is 3. The van der Waals surface area contributed by atoms with Gasteiger partial charge in [-0.25, -0.2) is 4.79 Å². The molecule has 0 aliphatic carbocycles. The summed E-state index contributed by atoms with van der Waals surface area (Å²) in [7, 11) is 0. The second kappa shape index (κ2) is 7.99. The lowest BCUT2D eigenvalue weighted by Crippen LogP contribution is -2.51. The molecule has 1 aliphatic heterocycles. The van der Waals surface area contributed by atoms with Crippen molar-refractivity contribution in [2.24, 2.45) is 17.6 Å². The SMILES string of the molecule is NCC1CN(C(=O)Nc2ccc(Cn3cccn3)cc2)CCC1C(F)(F)F. The Bertz CT molecular complexity index is 745. The monoisotopic (exact) mass is 381 g/mol. The number of likely N-dealkylation sites (tertiary alicyclic amines) is 1. The van der Waals surface area contributed by atoms with Crippen molar-refractivity contribution in [3.8, 4) is 0 Å². The lowest BCUT2D eigenvalue weighted by atomic mass is 9.85. The molecule has 6 nitrogen and oxygen atoms in total. The molecule has 1 aromatic heterocycles. The Kier molecular flexibility index (Phi) is 5.69. The molecular formula is C18H22F3N5O. The first-order chi connectivity index (χ1) is 12.9. The molecule has 1 aliphatic rings. The number of hydrogen-bond donors (Lipinski definition) is 2. The lowest BCUT2D eigenvalue weighted by Gasteiger charge is -2.38. The number of hydrogen-bond acceptors (Lipinski definition) is 3. The van der Waals surface area contributed by atoms with Gasteiger partial charge >= 0.3 is 12.2 Å². The van der Waals surface area contributed by atoms with Crippen LogP contribution in [0.3, 0.4) is 0 Å². The van der Waals surface area contributed by atoms with Gasteiger partial charge in [-0.3, -0.25) is 4.68 Å². The molecule has 0 radical (unpaired) electrons. The summed E-state index contributed by atoms with van der Waals surface area (Å²) in [6.07, 6.45) is -0.849. The highest BCUT2D eigenvalue weighted by molar-refractivity contribution is 5.89. The van der Waals surface area contributed by atoms with E-state index in [0.717, 1.165) is 5.56 Å². The molecule has 1 aromatic carbocycles. The largest absolute Gasteiger partial charge is 0.392 e. The van der Waals surface area contributed by atoms with E-state index in [4.69, 9.17) is 5.73 Å². The average Bonchev–Trinajstić information content (AvgIpc) is 3.15. The fraction of sp³-hybridized carbons (Fsp3) is 0.444. The van der Waals surface area contributed by atoms with Gasteiger partial charge in [0.05, 0.1) is 12.5 Å². The molecule has 146 valence electrons. The summed E-state index contributed by atoms with van der Waals surface area (Å²) >= 11 is 0. The Morgan fingerprint density at radius 2 is 2.04 bits per heavy atom. The Morgan fingerprint density at radius 1 is 1.30 bits per heavy atom. The minimum Gasteiger partial charge on any atom is -0.330 e. The zero-order valence-electron chi connectivity index (χ0n) is 14.7. The molecular weight excluding hydrogens is 359 g/mol. The maximum Gasteiger partial charge on any atom is 0.392 e. The van der Waals surface area contributed by atoms with E-state index < -0.39 is 24.0 Å². The number of urea groups is 1. The van der Waals surface area contributed by atoms with Gasteiger partial charge in [-0.15, -0.1) is 0 Å². The normalized spacial score (nSPS) is 20.5. The standard InChI is InChI=1S/C18H22F3N5O/c19-18(20,21)16-6-9-25(12-14(16)10-22)17(27)24-15-4-2-13(3-5-15)11-26-8-1-7-23-26/h1-5,7-8,14,16H,6,9-12,22H2,(H,24,27). The van der Waals surface area contributed by atoms with Gasteiger partial charge in [-0.2, -0.15) is 18.3 Å². The van der Waals surface area contributed by atoms with E-state index in [9.17, 15) is 18.0 Å². The molecule has 2 aromatic rings. The lowest BCUT2D eigenvalue weighted by molar-refractivity contribution is -0.197. The van der Waals surface area contributed by atoms with E-state index in [-0.39, 0.29) is 26.1 Å². The van der Waals surface area contributed by atoms with Crippen molar-refractivity contribution in [1.82, 2.24) is 14.7 Å². The van der Waals surface area contributed by atoms with Crippen LogP contribution in [0.4, 0.5) is 23.7 Å². The number of halogens is 3. The highest BCUT2D eigenvalue weighted by Crippen LogP contribution is 2.37. The number of rotatable bonds is 4. The van der Waals surface area contributed by atoms with E-state index in [2.05, 4.69) is 10.4 Å². The molecule has 2 unspecified atom stereocenters. The Balaban J connectivity index is 1.57. The highest BCUT2D eigenvalue weighted by Gasteiger charge is 2.47. The quantitative estimate of drug-likeness (QED) is 0.855. The number of nitrogens with two attached hydrogens (primary N) is 1. The van der Waals surface area contributed by atoms with Crippen LogP contribution in [0.15, 0.2) is 42.7 Å². The van der Waals surface area contributed by atoms with Crippen LogP contribution in [0.5, 0.6) is 0 Å². The molecule has 3 N–H and O–H groups in total. The van der Waals surface area contributed by atoms with E-state index >= 15 is 0 Å². The van der Waals surface area contributed by atoms with Crippen molar-refractivity contribution in [2.45, 2.75) is 19.1 Å². The van der Waals surface area contributed by atoms with Crippen molar-refractivity contribution in [3.63, 3.8) is 0 Å². The first-order valence-corrected chi connectivity index (χ1v) is 8.76. The van der Waals surface area contributed by atoms with Gasteiger partial charge in [0.25, 0.3) is 0 Å². The zero-order chi connectivity index (χ0) is 19.4. The van der Waals surface area contributed by atoms with Crippen LogP contribution in [0.25, 0.3) is 0 Å². The van der Waals surface area contributed by atoms with E-state index in [1.165, 1.54) is 4.90 Å². The van der Waals surface area contributed by atoms with Crippen molar-refractivity contribution in [1.29, 1.82) is 0 Å². The van der Waals surface area contributed by atoms with Gasteiger partial charge < -0.3 is 16.0 Å². The van der Waals surface area contributed by atoms with Crippen LogP contribution in [-0.4, -0.2) is 46.5 Å². The fourth-order valence-electron chi connectivity index (χ4n) is 3.36. The van der Waals surface area contributed by atoms with Crippen LogP contribution in [0.2, 0.25) is 0 Å². The summed E-state index contributed by atoms with van der Waals surface area (Å²) < 4.78 is 40.9. The maximum atomic E-state index is 13.0. The third-order valence-corrected chi connectivity index (χ3v) is 4.85. The van der Waals surface area contributed by atoms with E-state index in [1.807, 2.05) is 24.4 Å². The topological polar surface area (TPSA) is 76.2 Å². The first kappa shape index (κ1) is 19.2. The van der Waals surface area contributed by atoms with Gasteiger partial charge in [-0.05, 0) is 36.7 Å². The molecule has 9 heteroatoms. The molecule has 1 saturated heterocycles. The maximum absolute atomic E-state index is 13.0. The number of carbonyl (C=O) groups excluding carboxylic acids is 1. The molecule has 2 amide bonds. The predicted octanol–water partition coefficient (Wildman–Crippen LogP) is 2.92. The predicted molar refractivity (Wildman–Crippen MR) is 95.1 cm³/mol. The van der Waals surface area contributed by atoms with Gasteiger partial charge in [0.2, 0.25) is 0 Å². The summed E-state index contributed by atoms with van der Waals surface area (Å²) in [6.45, 7) is 0.578. The van der Waals surface area contributed by atoms with Crippen molar-refractivity contribution in [3.05, 3.63) is 48.3 Å². The Labute approximate surface area is 155 Å². The van der Waals surface area contributed by atoms with Gasteiger partial charge in [0.15, 0.2) is 0 Å². The van der Waals surface area contributed by atoms with Gasteiger partial charge in [0, 0.05) is 37.1 Å². The molecule has 3 rings (SSSR count). The number of alkyl halides is 3. The van der Waals surface area contributed by atoms with Crippen LogP contribution in [0, 0.1) is 11.8 Å². The third kappa shape index (κ3) is 4.79. The summed E-state index contributed by atoms with van der Waals surface area (Å²) in [5.74, 6) is -2.23. The fourth-order valence-corrected chi connectivity index (χ4v) is 3.36. The number of nitrogens with one attached hydrogen (secondary N) is 1. The first-order valence-electron chi connectivity index (χ1n) is 8.76. The minimum absolute atomic E-state index is 0.00386. The van der Waals surface area contributed by atoms with E-state index in [1.54, 1.807) is 23.0 Å².